The quantitative estimate of drug-likeness (QED) is 0.623. The smallest absolute Gasteiger partial charge is 0.417 e. The summed E-state index contributed by atoms with van der Waals surface area (Å²) in [5, 5.41) is 0. The topological polar surface area (TPSA) is 63.7 Å². The van der Waals surface area contributed by atoms with Crippen molar-refractivity contribution in [2.45, 2.75) is 58.6 Å². The van der Waals surface area contributed by atoms with E-state index in [2.05, 4.69) is 13.0 Å². The predicted molar refractivity (Wildman–Crippen MR) is 93.0 cm³/mol. The normalized spacial score (nSPS) is 24.9. The van der Waals surface area contributed by atoms with Crippen LogP contribution in [-0.4, -0.2) is 28.8 Å². The van der Waals surface area contributed by atoms with E-state index in [-0.39, 0.29) is 5.92 Å². The molecule has 3 rings (SSSR count). The second kappa shape index (κ2) is 6.28. The average molecular weight is 343 g/mol. The van der Waals surface area contributed by atoms with Crippen LogP contribution in [0.5, 0.6) is 0 Å². The Labute approximate surface area is 148 Å². The molecule has 0 radical (unpaired) electrons. The molecule has 134 valence electrons. The first-order valence-electron chi connectivity index (χ1n) is 8.90. The van der Waals surface area contributed by atoms with Gasteiger partial charge in [-0.3, -0.25) is 4.79 Å². The molecule has 5 heteroatoms. The van der Waals surface area contributed by atoms with E-state index >= 15 is 0 Å². The molecule has 1 aliphatic heterocycles. The summed E-state index contributed by atoms with van der Waals surface area (Å²) < 4.78 is 5.44. The summed E-state index contributed by atoms with van der Waals surface area (Å²) in [5.74, 6) is -1.41. The highest BCUT2D eigenvalue weighted by atomic mass is 16.6. The number of amides is 2. The molecule has 1 fully saturated rings. The summed E-state index contributed by atoms with van der Waals surface area (Å²) in [6.45, 7) is 7.42. The molecule has 2 aliphatic rings. The van der Waals surface area contributed by atoms with E-state index in [0.29, 0.717) is 12.7 Å². The van der Waals surface area contributed by atoms with Crippen molar-refractivity contribution in [3.8, 4) is 0 Å². The number of ether oxygens (including phenoxy) is 1. The molecule has 5 nitrogen and oxygen atoms in total. The Morgan fingerprint density at radius 3 is 2.68 bits per heavy atom. The molecule has 0 aromatic heterocycles. The zero-order valence-corrected chi connectivity index (χ0v) is 15.2. The number of carbonyl (C=O) groups excluding carboxylic acids is 3. The number of carbonyl (C=O) groups is 3. The first kappa shape index (κ1) is 17.6. The van der Waals surface area contributed by atoms with Gasteiger partial charge in [-0.25, -0.2) is 9.69 Å². The summed E-state index contributed by atoms with van der Waals surface area (Å²) in [4.78, 5) is 38.1. The molecule has 3 unspecified atom stereocenters. The number of imide groups is 1. The van der Waals surface area contributed by atoms with Crippen LogP contribution in [0.25, 0.3) is 0 Å². The first-order chi connectivity index (χ1) is 11.8. The number of aldehydes is 1. The van der Waals surface area contributed by atoms with Gasteiger partial charge in [-0.1, -0.05) is 31.5 Å². The van der Waals surface area contributed by atoms with Gasteiger partial charge in [0, 0.05) is 5.92 Å². The van der Waals surface area contributed by atoms with Crippen LogP contribution in [0.2, 0.25) is 0 Å². The standard InChI is InChI=1S/C20H25NO4/c1-5-7-12-8-6-9-13-14(12)10-15-16(11-22)18(23)21(17(13)15)19(24)25-20(2,3)4/h6,8-9,11,15-17H,5,7,10H2,1-4H3. The Balaban J connectivity index is 2.03. The Morgan fingerprint density at radius 1 is 1.36 bits per heavy atom. The average Bonchev–Trinajstić information content (AvgIpc) is 3.00. The second-order valence-electron chi connectivity index (χ2n) is 7.90. The number of likely N-dealkylation sites (tertiary alicyclic amines) is 1. The van der Waals surface area contributed by atoms with Crippen molar-refractivity contribution in [2.24, 2.45) is 11.8 Å². The van der Waals surface area contributed by atoms with Crippen molar-refractivity contribution in [3.63, 3.8) is 0 Å². The molecule has 1 aliphatic carbocycles. The van der Waals surface area contributed by atoms with Gasteiger partial charge in [0.25, 0.3) is 0 Å². The van der Waals surface area contributed by atoms with Crippen LogP contribution < -0.4 is 0 Å². The summed E-state index contributed by atoms with van der Waals surface area (Å²) in [6.07, 6.45) is 2.66. The van der Waals surface area contributed by atoms with E-state index < -0.39 is 29.6 Å². The van der Waals surface area contributed by atoms with Crippen LogP contribution in [0.15, 0.2) is 18.2 Å². The van der Waals surface area contributed by atoms with Crippen molar-refractivity contribution in [1.82, 2.24) is 4.90 Å². The number of hydrogen-bond donors (Lipinski definition) is 0. The van der Waals surface area contributed by atoms with Crippen molar-refractivity contribution in [2.75, 3.05) is 0 Å². The number of nitrogens with zero attached hydrogens (tertiary/aromatic N) is 1. The van der Waals surface area contributed by atoms with Crippen molar-refractivity contribution in [3.05, 3.63) is 34.9 Å². The number of rotatable bonds is 3. The van der Waals surface area contributed by atoms with Crippen LogP contribution in [0.3, 0.4) is 0 Å². The van der Waals surface area contributed by atoms with Crippen LogP contribution in [0.4, 0.5) is 4.79 Å². The zero-order valence-electron chi connectivity index (χ0n) is 15.2. The van der Waals surface area contributed by atoms with Gasteiger partial charge >= 0.3 is 6.09 Å². The lowest BCUT2D eigenvalue weighted by Crippen LogP contribution is -2.40. The second-order valence-corrected chi connectivity index (χ2v) is 7.90. The molecular formula is C20H25NO4. The molecule has 1 aromatic rings. The van der Waals surface area contributed by atoms with Gasteiger partial charge in [-0.15, -0.1) is 0 Å². The van der Waals surface area contributed by atoms with E-state index in [0.717, 1.165) is 18.4 Å². The SMILES string of the molecule is CCCc1cccc2c1CC1C(C=O)C(=O)N(C(=O)OC(C)(C)C)C21. The van der Waals surface area contributed by atoms with Crippen molar-refractivity contribution >= 4 is 18.3 Å². The Morgan fingerprint density at radius 2 is 2.08 bits per heavy atom. The third-order valence-corrected chi connectivity index (χ3v) is 4.99. The number of aryl methyl sites for hydroxylation is 1. The van der Waals surface area contributed by atoms with Gasteiger partial charge in [-0.05, 0) is 50.3 Å². The van der Waals surface area contributed by atoms with Gasteiger partial charge in [0.05, 0.1) is 12.0 Å². The predicted octanol–water partition coefficient (Wildman–Crippen LogP) is 3.44. The van der Waals surface area contributed by atoms with Gasteiger partial charge < -0.3 is 9.53 Å². The zero-order chi connectivity index (χ0) is 18.4. The van der Waals surface area contributed by atoms with Gasteiger partial charge in [-0.2, -0.15) is 0 Å². The number of hydrogen-bond acceptors (Lipinski definition) is 4. The van der Waals surface area contributed by atoms with Gasteiger partial charge in [0.1, 0.15) is 11.9 Å². The van der Waals surface area contributed by atoms with Crippen LogP contribution in [0.1, 0.15) is 56.8 Å². The summed E-state index contributed by atoms with van der Waals surface area (Å²) in [6, 6.07) is 5.64. The largest absolute Gasteiger partial charge is 0.443 e. The summed E-state index contributed by atoms with van der Waals surface area (Å²) in [7, 11) is 0. The summed E-state index contributed by atoms with van der Waals surface area (Å²) >= 11 is 0. The lowest BCUT2D eigenvalue weighted by Gasteiger charge is -2.27. The van der Waals surface area contributed by atoms with Crippen molar-refractivity contribution < 1.29 is 19.1 Å². The molecule has 1 heterocycles. The fraction of sp³-hybridized carbons (Fsp3) is 0.550. The lowest BCUT2D eigenvalue weighted by molar-refractivity contribution is -0.133. The monoisotopic (exact) mass is 343 g/mol. The third-order valence-electron chi connectivity index (χ3n) is 4.99. The van der Waals surface area contributed by atoms with E-state index in [1.54, 1.807) is 20.8 Å². The lowest BCUT2D eigenvalue weighted by atomic mass is 9.91. The molecule has 0 N–H and O–H groups in total. The maximum Gasteiger partial charge on any atom is 0.417 e. The molecule has 1 aromatic carbocycles. The van der Waals surface area contributed by atoms with E-state index in [1.165, 1.54) is 16.0 Å². The molecule has 2 amide bonds. The molecule has 0 spiro atoms. The fourth-order valence-corrected chi connectivity index (χ4v) is 4.07. The van der Waals surface area contributed by atoms with Crippen LogP contribution in [0, 0.1) is 11.8 Å². The first-order valence-corrected chi connectivity index (χ1v) is 8.90. The van der Waals surface area contributed by atoms with Gasteiger partial charge in [0.15, 0.2) is 0 Å². The number of benzene rings is 1. The van der Waals surface area contributed by atoms with Crippen molar-refractivity contribution in [1.29, 1.82) is 0 Å². The number of fused-ring (bicyclic) bond motifs is 3. The third kappa shape index (κ3) is 2.96. The summed E-state index contributed by atoms with van der Waals surface area (Å²) in [5.41, 5.74) is 2.72. The molecule has 3 atom stereocenters. The van der Waals surface area contributed by atoms with E-state index in [1.807, 2.05) is 12.1 Å². The highest BCUT2D eigenvalue weighted by Gasteiger charge is 2.55. The minimum absolute atomic E-state index is 0.189. The van der Waals surface area contributed by atoms with Crippen LogP contribution in [-0.2, 0) is 27.2 Å². The molecule has 0 saturated carbocycles. The molecule has 25 heavy (non-hydrogen) atoms. The maximum absolute atomic E-state index is 12.7. The minimum Gasteiger partial charge on any atom is -0.443 e. The Hall–Kier alpha value is -2.17. The minimum atomic E-state index is -0.778. The highest BCUT2D eigenvalue weighted by molar-refractivity contribution is 6.03. The molecule has 1 saturated heterocycles. The highest BCUT2D eigenvalue weighted by Crippen LogP contribution is 2.50. The fourth-order valence-electron chi connectivity index (χ4n) is 4.07. The van der Waals surface area contributed by atoms with E-state index in [4.69, 9.17) is 4.74 Å². The maximum atomic E-state index is 12.7. The Bertz CT molecular complexity index is 719. The molecular weight excluding hydrogens is 318 g/mol. The molecule has 0 bridgehead atoms. The Kier molecular flexibility index (Phi) is 4.43. The van der Waals surface area contributed by atoms with E-state index in [9.17, 15) is 14.4 Å². The van der Waals surface area contributed by atoms with Crippen LogP contribution >= 0.6 is 0 Å². The van der Waals surface area contributed by atoms with Gasteiger partial charge in [0.2, 0.25) is 5.91 Å².